The summed E-state index contributed by atoms with van der Waals surface area (Å²) in [6.07, 6.45) is 1.06. The molecule has 1 heterocycles. The van der Waals surface area contributed by atoms with Gasteiger partial charge in [-0.3, -0.25) is 0 Å². The number of hydrogen-bond acceptors (Lipinski definition) is 2. The quantitative estimate of drug-likeness (QED) is 0.363. The van der Waals surface area contributed by atoms with Crippen LogP contribution in [0.25, 0.3) is 0 Å². The van der Waals surface area contributed by atoms with Gasteiger partial charge in [0, 0.05) is 10.5 Å². The molecular formula is C8H9BrINO. The van der Waals surface area contributed by atoms with E-state index >= 15 is 0 Å². The summed E-state index contributed by atoms with van der Waals surface area (Å²) in [7, 11) is 0. The lowest BCUT2D eigenvalue weighted by Gasteiger charge is -2.02. The van der Waals surface area contributed by atoms with Crippen molar-refractivity contribution in [1.82, 2.24) is 4.98 Å². The van der Waals surface area contributed by atoms with E-state index in [1.165, 1.54) is 0 Å². The highest BCUT2D eigenvalue weighted by Gasteiger charge is 1.94. The van der Waals surface area contributed by atoms with Gasteiger partial charge in [-0.2, -0.15) is 0 Å². The molecule has 0 saturated carbocycles. The molecule has 0 spiro atoms. The normalized spacial score (nSPS) is 9.83. The highest BCUT2D eigenvalue weighted by molar-refractivity contribution is 14.1. The lowest BCUT2D eigenvalue weighted by molar-refractivity contribution is 0.307. The van der Waals surface area contributed by atoms with Crippen LogP contribution in [-0.2, 0) is 0 Å². The van der Waals surface area contributed by atoms with Gasteiger partial charge in [0.2, 0.25) is 5.88 Å². The number of aromatic nitrogens is 1. The molecule has 0 amide bonds. The Hall–Kier alpha value is 0.160. The maximum atomic E-state index is 5.38. The number of pyridine rings is 1. The van der Waals surface area contributed by atoms with Gasteiger partial charge in [-0.1, -0.05) is 28.7 Å². The van der Waals surface area contributed by atoms with Gasteiger partial charge in [-0.15, -0.1) is 0 Å². The van der Waals surface area contributed by atoms with Gasteiger partial charge in [-0.25, -0.2) is 4.98 Å². The Morgan fingerprint density at radius 2 is 2.33 bits per heavy atom. The second-order valence-corrected chi connectivity index (χ2v) is 4.08. The van der Waals surface area contributed by atoms with Gasteiger partial charge in [0.05, 0.1) is 6.61 Å². The first-order valence-electron chi connectivity index (χ1n) is 3.64. The summed E-state index contributed by atoms with van der Waals surface area (Å²) >= 11 is 5.61. The standard InChI is InChI=1S/C8H9BrINO/c9-7-3-1-4-8(11-7)12-6-2-5-10/h1,3-4H,2,5-6H2. The van der Waals surface area contributed by atoms with Crippen molar-refractivity contribution < 1.29 is 4.74 Å². The molecule has 12 heavy (non-hydrogen) atoms. The van der Waals surface area contributed by atoms with Crippen LogP contribution in [0.5, 0.6) is 5.88 Å². The van der Waals surface area contributed by atoms with Crippen molar-refractivity contribution >= 4 is 38.5 Å². The molecule has 0 fully saturated rings. The van der Waals surface area contributed by atoms with E-state index in [4.69, 9.17) is 4.74 Å². The van der Waals surface area contributed by atoms with Crippen LogP contribution in [0.2, 0.25) is 0 Å². The number of nitrogens with zero attached hydrogens (tertiary/aromatic N) is 1. The fourth-order valence-corrected chi connectivity index (χ4v) is 1.34. The van der Waals surface area contributed by atoms with Gasteiger partial charge in [-0.05, 0) is 28.4 Å². The Bertz CT molecular complexity index is 244. The second-order valence-electron chi connectivity index (χ2n) is 2.19. The molecule has 1 rings (SSSR count). The first kappa shape index (κ1) is 10.2. The van der Waals surface area contributed by atoms with Crippen molar-refractivity contribution in [2.75, 3.05) is 11.0 Å². The Balaban J connectivity index is 2.41. The SMILES string of the molecule is Brc1cccc(OCCCI)n1. The molecule has 0 aliphatic carbocycles. The van der Waals surface area contributed by atoms with Gasteiger partial charge >= 0.3 is 0 Å². The first-order valence-corrected chi connectivity index (χ1v) is 5.96. The molecule has 0 aliphatic rings. The number of halogens is 2. The highest BCUT2D eigenvalue weighted by Crippen LogP contribution is 2.12. The maximum Gasteiger partial charge on any atom is 0.214 e. The van der Waals surface area contributed by atoms with Crippen LogP contribution in [0.15, 0.2) is 22.8 Å². The third kappa shape index (κ3) is 3.71. The molecule has 0 unspecified atom stereocenters. The Kier molecular flexibility index (Phi) is 4.90. The minimum atomic E-state index is 0.689. The number of ether oxygens (including phenoxy) is 1. The zero-order chi connectivity index (χ0) is 8.81. The van der Waals surface area contributed by atoms with Crippen molar-refractivity contribution in [3.63, 3.8) is 0 Å². The number of hydrogen-bond donors (Lipinski definition) is 0. The summed E-state index contributed by atoms with van der Waals surface area (Å²) in [5.41, 5.74) is 0. The van der Waals surface area contributed by atoms with Crippen molar-refractivity contribution in [2.24, 2.45) is 0 Å². The van der Waals surface area contributed by atoms with E-state index in [0.717, 1.165) is 22.1 Å². The predicted molar refractivity (Wildman–Crippen MR) is 60.9 cm³/mol. The van der Waals surface area contributed by atoms with E-state index in [1.807, 2.05) is 18.2 Å². The minimum Gasteiger partial charge on any atom is -0.478 e. The highest BCUT2D eigenvalue weighted by atomic mass is 127. The lowest BCUT2D eigenvalue weighted by atomic mass is 10.5. The fourth-order valence-electron chi connectivity index (χ4n) is 0.701. The summed E-state index contributed by atoms with van der Waals surface area (Å²) in [6, 6.07) is 5.65. The average Bonchev–Trinajstić information content (AvgIpc) is 2.05. The molecular weight excluding hydrogens is 333 g/mol. The Morgan fingerprint density at radius 3 is 3.00 bits per heavy atom. The van der Waals surface area contributed by atoms with Crippen LogP contribution in [0.4, 0.5) is 0 Å². The van der Waals surface area contributed by atoms with Crippen molar-refractivity contribution in [2.45, 2.75) is 6.42 Å². The molecule has 1 aromatic heterocycles. The smallest absolute Gasteiger partial charge is 0.214 e. The maximum absolute atomic E-state index is 5.38. The molecule has 0 radical (unpaired) electrons. The van der Waals surface area contributed by atoms with Gasteiger partial charge in [0.1, 0.15) is 4.60 Å². The molecule has 2 nitrogen and oxygen atoms in total. The summed E-state index contributed by atoms with van der Waals surface area (Å²) < 4.78 is 7.31. The molecule has 0 aromatic carbocycles. The monoisotopic (exact) mass is 341 g/mol. The van der Waals surface area contributed by atoms with Crippen LogP contribution in [0.3, 0.4) is 0 Å². The van der Waals surface area contributed by atoms with E-state index in [9.17, 15) is 0 Å². The van der Waals surface area contributed by atoms with Gasteiger partial charge in [0.25, 0.3) is 0 Å². The predicted octanol–water partition coefficient (Wildman–Crippen LogP) is 3.05. The van der Waals surface area contributed by atoms with E-state index in [0.29, 0.717) is 5.88 Å². The summed E-state index contributed by atoms with van der Waals surface area (Å²) in [5, 5.41) is 0. The molecule has 0 aliphatic heterocycles. The molecule has 0 bridgehead atoms. The fraction of sp³-hybridized carbons (Fsp3) is 0.375. The summed E-state index contributed by atoms with van der Waals surface area (Å²) in [5.74, 6) is 0.689. The third-order valence-electron chi connectivity index (χ3n) is 1.22. The van der Waals surface area contributed by atoms with Crippen molar-refractivity contribution in [1.29, 1.82) is 0 Å². The van der Waals surface area contributed by atoms with Crippen LogP contribution >= 0.6 is 38.5 Å². The van der Waals surface area contributed by atoms with Gasteiger partial charge in [0.15, 0.2) is 0 Å². The van der Waals surface area contributed by atoms with Crippen LogP contribution in [-0.4, -0.2) is 16.0 Å². The van der Waals surface area contributed by atoms with E-state index in [-0.39, 0.29) is 0 Å². The minimum absolute atomic E-state index is 0.689. The average molecular weight is 342 g/mol. The first-order chi connectivity index (χ1) is 5.83. The van der Waals surface area contributed by atoms with E-state index < -0.39 is 0 Å². The van der Waals surface area contributed by atoms with Crippen LogP contribution < -0.4 is 4.74 Å². The molecule has 4 heteroatoms. The Labute approximate surface area is 94.0 Å². The number of rotatable bonds is 4. The van der Waals surface area contributed by atoms with Crippen LogP contribution in [0, 0.1) is 0 Å². The third-order valence-corrected chi connectivity index (χ3v) is 2.42. The summed E-state index contributed by atoms with van der Waals surface area (Å²) in [6.45, 7) is 0.742. The zero-order valence-electron chi connectivity index (χ0n) is 6.46. The molecule has 66 valence electrons. The van der Waals surface area contributed by atoms with Crippen LogP contribution in [0.1, 0.15) is 6.42 Å². The molecule has 0 atom stereocenters. The largest absolute Gasteiger partial charge is 0.478 e. The molecule has 0 saturated heterocycles. The Morgan fingerprint density at radius 1 is 1.50 bits per heavy atom. The van der Waals surface area contributed by atoms with E-state index in [2.05, 4.69) is 43.5 Å². The molecule has 0 N–H and O–H groups in total. The van der Waals surface area contributed by atoms with Crippen molar-refractivity contribution in [3.05, 3.63) is 22.8 Å². The van der Waals surface area contributed by atoms with Crippen molar-refractivity contribution in [3.8, 4) is 5.88 Å². The zero-order valence-corrected chi connectivity index (χ0v) is 10.2. The summed E-state index contributed by atoms with van der Waals surface area (Å²) in [4.78, 5) is 4.14. The van der Waals surface area contributed by atoms with E-state index in [1.54, 1.807) is 0 Å². The topological polar surface area (TPSA) is 22.1 Å². The lowest BCUT2D eigenvalue weighted by Crippen LogP contribution is -1.99. The van der Waals surface area contributed by atoms with Gasteiger partial charge < -0.3 is 4.74 Å². The number of alkyl halides is 1. The second kappa shape index (κ2) is 5.75. The molecule has 1 aromatic rings.